The Balaban J connectivity index is 2.29. The molecule has 0 heterocycles. The summed E-state index contributed by atoms with van der Waals surface area (Å²) < 4.78 is 10.5. The molecule has 2 aromatic rings. The normalized spacial score (nSPS) is 10.2. The fourth-order valence-corrected chi connectivity index (χ4v) is 2.19. The van der Waals surface area contributed by atoms with Crippen LogP contribution >= 0.6 is 0 Å². The van der Waals surface area contributed by atoms with Crippen molar-refractivity contribution in [2.75, 3.05) is 19.5 Å². The minimum absolute atomic E-state index is 0.140. The summed E-state index contributed by atoms with van der Waals surface area (Å²) in [6.45, 7) is 5.93. The summed E-state index contributed by atoms with van der Waals surface area (Å²) in [5.74, 6) is 1.09. The van der Waals surface area contributed by atoms with E-state index in [-0.39, 0.29) is 5.91 Å². The monoisotopic (exact) mass is 299 g/mol. The Labute approximate surface area is 131 Å². The molecule has 0 aliphatic heterocycles. The van der Waals surface area contributed by atoms with Gasteiger partial charge < -0.3 is 14.8 Å². The fourth-order valence-electron chi connectivity index (χ4n) is 2.19. The molecule has 1 amide bonds. The van der Waals surface area contributed by atoms with E-state index in [0.29, 0.717) is 22.7 Å². The summed E-state index contributed by atoms with van der Waals surface area (Å²) in [6.07, 6.45) is 0. The Morgan fingerprint density at radius 2 is 1.50 bits per heavy atom. The second-order valence-corrected chi connectivity index (χ2v) is 5.28. The number of benzene rings is 2. The van der Waals surface area contributed by atoms with Crippen molar-refractivity contribution in [2.45, 2.75) is 20.8 Å². The maximum absolute atomic E-state index is 12.4. The topological polar surface area (TPSA) is 47.6 Å². The van der Waals surface area contributed by atoms with Crippen LogP contribution < -0.4 is 14.8 Å². The highest BCUT2D eigenvalue weighted by Gasteiger charge is 2.12. The van der Waals surface area contributed by atoms with Crippen molar-refractivity contribution in [1.82, 2.24) is 0 Å². The molecule has 0 radical (unpaired) electrons. The molecule has 0 saturated carbocycles. The molecular weight excluding hydrogens is 278 g/mol. The lowest BCUT2D eigenvalue weighted by molar-refractivity contribution is 0.102. The lowest BCUT2D eigenvalue weighted by Crippen LogP contribution is -2.13. The van der Waals surface area contributed by atoms with E-state index in [2.05, 4.69) is 5.32 Å². The molecule has 0 bridgehead atoms. The van der Waals surface area contributed by atoms with Gasteiger partial charge in [0.25, 0.3) is 5.91 Å². The van der Waals surface area contributed by atoms with Crippen LogP contribution in [-0.4, -0.2) is 20.1 Å². The highest BCUT2D eigenvalue weighted by atomic mass is 16.5. The summed E-state index contributed by atoms with van der Waals surface area (Å²) in [7, 11) is 3.16. The Kier molecular flexibility index (Phi) is 4.71. The van der Waals surface area contributed by atoms with E-state index in [0.717, 1.165) is 11.1 Å². The summed E-state index contributed by atoms with van der Waals surface area (Å²) >= 11 is 0. The van der Waals surface area contributed by atoms with Crippen LogP contribution in [0.1, 0.15) is 27.0 Å². The van der Waals surface area contributed by atoms with E-state index in [9.17, 15) is 4.79 Å². The number of hydrogen-bond acceptors (Lipinski definition) is 3. The van der Waals surface area contributed by atoms with Crippen LogP contribution in [0.5, 0.6) is 11.5 Å². The van der Waals surface area contributed by atoms with Crippen LogP contribution in [0, 0.1) is 20.8 Å². The number of methoxy groups -OCH3 is 2. The van der Waals surface area contributed by atoms with E-state index < -0.39 is 0 Å². The SMILES string of the molecule is COc1cc(C)c(NC(=O)c2ccc(C)c(C)c2)cc1OC. The molecule has 0 aliphatic rings. The minimum Gasteiger partial charge on any atom is -0.493 e. The minimum atomic E-state index is -0.140. The number of hydrogen-bond donors (Lipinski definition) is 1. The molecule has 2 aromatic carbocycles. The molecule has 1 N–H and O–H groups in total. The van der Waals surface area contributed by atoms with Gasteiger partial charge in [-0.05, 0) is 55.7 Å². The molecule has 0 unspecified atom stereocenters. The number of rotatable bonds is 4. The zero-order valence-corrected chi connectivity index (χ0v) is 13.6. The first-order valence-corrected chi connectivity index (χ1v) is 7.07. The predicted molar refractivity (Wildman–Crippen MR) is 88.2 cm³/mol. The van der Waals surface area contributed by atoms with Crippen LogP contribution in [-0.2, 0) is 0 Å². The Morgan fingerprint density at radius 1 is 0.864 bits per heavy atom. The first-order valence-electron chi connectivity index (χ1n) is 7.07. The van der Waals surface area contributed by atoms with Crippen LogP contribution in [0.15, 0.2) is 30.3 Å². The van der Waals surface area contributed by atoms with Crippen molar-refractivity contribution < 1.29 is 14.3 Å². The van der Waals surface area contributed by atoms with Gasteiger partial charge in [-0.3, -0.25) is 4.79 Å². The molecule has 0 aliphatic carbocycles. The maximum Gasteiger partial charge on any atom is 0.255 e. The van der Waals surface area contributed by atoms with Crippen molar-refractivity contribution in [2.24, 2.45) is 0 Å². The van der Waals surface area contributed by atoms with Gasteiger partial charge in [0.1, 0.15) is 0 Å². The van der Waals surface area contributed by atoms with E-state index in [1.807, 2.05) is 45.0 Å². The van der Waals surface area contributed by atoms with Gasteiger partial charge in [-0.25, -0.2) is 0 Å². The first kappa shape index (κ1) is 15.9. The lowest BCUT2D eigenvalue weighted by Gasteiger charge is -2.14. The van der Waals surface area contributed by atoms with Crippen LogP contribution in [0.4, 0.5) is 5.69 Å². The predicted octanol–water partition coefficient (Wildman–Crippen LogP) is 3.88. The molecule has 0 aromatic heterocycles. The van der Waals surface area contributed by atoms with Crippen molar-refractivity contribution >= 4 is 11.6 Å². The molecule has 0 atom stereocenters. The third-order valence-electron chi connectivity index (χ3n) is 3.75. The number of carbonyl (C=O) groups is 1. The summed E-state index contributed by atoms with van der Waals surface area (Å²) in [4.78, 5) is 12.4. The van der Waals surface area contributed by atoms with E-state index in [4.69, 9.17) is 9.47 Å². The van der Waals surface area contributed by atoms with Gasteiger partial charge in [0.05, 0.1) is 14.2 Å². The van der Waals surface area contributed by atoms with Crippen molar-refractivity contribution in [3.63, 3.8) is 0 Å². The summed E-state index contributed by atoms with van der Waals surface area (Å²) in [5, 5.41) is 2.92. The third-order valence-corrected chi connectivity index (χ3v) is 3.75. The summed E-state index contributed by atoms with van der Waals surface area (Å²) in [5.41, 5.74) is 4.52. The fraction of sp³-hybridized carbons (Fsp3) is 0.278. The van der Waals surface area contributed by atoms with E-state index in [1.165, 1.54) is 5.56 Å². The zero-order valence-electron chi connectivity index (χ0n) is 13.6. The summed E-state index contributed by atoms with van der Waals surface area (Å²) in [6, 6.07) is 9.28. The van der Waals surface area contributed by atoms with Gasteiger partial charge in [0.15, 0.2) is 11.5 Å². The van der Waals surface area contributed by atoms with Gasteiger partial charge in [-0.1, -0.05) is 6.07 Å². The van der Waals surface area contributed by atoms with Gasteiger partial charge in [0, 0.05) is 17.3 Å². The Morgan fingerprint density at radius 3 is 2.09 bits per heavy atom. The average Bonchev–Trinajstić information content (AvgIpc) is 2.51. The molecule has 22 heavy (non-hydrogen) atoms. The van der Waals surface area contributed by atoms with Crippen molar-refractivity contribution in [3.8, 4) is 11.5 Å². The quantitative estimate of drug-likeness (QED) is 0.932. The molecule has 0 saturated heterocycles. The number of amides is 1. The van der Waals surface area contributed by atoms with Crippen LogP contribution in [0.3, 0.4) is 0 Å². The number of anilines is 1. The number of aryl methyl sites for hydroxylation is 3. The van der Waals surface area contributed by atoms with E-state index >= 15 is 0 Å². The average molecular weight is 299 g/mol. The van der Waals surface area contributed by atoms with Gasteiger partial charge in [0.2, 0.25) is 0 Å². The van der Waals surface area contributed by atoms with E-state index in [1.54, 1.807) is 20.3 Å². The smallest absolute Gasteiger partial charge is 0.255 e. The Hall–Kier alpha value is -2.49. The number of carbonyl (C=O) groups excluding carboxylic acids is 1. The largest absolute Gasteiger partial charge is 0.493 e. The molecule has 0 fully saturated rings. The molecule has 4 heteroatoms. The lowest BCUT2D eigenvalue weighted by atomic mass is 10.1. The van der Waals surface area contributed by atoms with Gasteiger partial charge >= 0.3 is 0 Å². The zero-order chi connectivity index (χ0) is 16.3. The molecule has 4 nitrogen and oxygen atoms in total. The number of ether oxygens (including phenoxy) is 2. The molecule has 116 valence electrons. The van der Waals surface area contributed by atoms with Gasteiger partial charge in [-0.15, -0.1) is 0 Å². The highest BCUT2D eigenvalue weighted by Crippen LogP contribution is 2.33. The molecule has 2 rings (SSSR count). The third kappa shape index (κ3) is 3.22. The second kappa shape index (κ2) is 6.52. The van der Waals surface area contributed by atoms with Crippen LogP contribution in [0.2, 0.25) is 0 Å². The number of nitrogens with one attached hydrogen (secondary N) is 1. The first-order chi connectivity index (χ1) is 10.5. The van der Waals surface area contributed by atoms with Crippen molar-refractivity contribution in [3.05, 3.63) is 52.6 Å². The molecular formula is C18H21NO3. The van der Waals surface area contributed by atoms with Crippen LogP contribution in [0.25, 0.3) is 0 Å². The van der Waals surface area contributed by atoms with Crippen molar-refractivity contribution in [1.29, 1.82) is 0 Å². The van der Waals surface area contributed by atoms with Gasteiger partial charge in [-0.2, -0.15) is 0 Å². The standard InChI is InChI=1S/C18H21NO3/c1-11-6-7-14(8-12(11)2)18(20)19-15-10-17(22-5)16(21-4)9-13(15)3/h6-10H,1-5H3,(H,19,20). The highest BCUT2D eigenvalue weighted by molar-refractivity contribution is 6.05. The Bertz CT molecular complexity index is 708. The second-order valence-electron chi connectivity index (χ2n) is 5.28. The maximum atomic E-state index is 12.4. The molecule has 0 spiro atoms.